The summed E-state index contributed by atoms with van der Waals surface area (Å²) in [5, 5.41) is 95.5. The van der Waals surface area contributed by atoms with Crippen molar-refractivity contribution in [3.63, 3.8) is 0 Å². The highest BCUT2D eigenvalue weighted by molar-refractivity contribution is 5.82. The maximum Gasteiger partial charge on any atom is 0.331 e. The smallest absolute Gasteiger partial charge is 0.331 e. The van der Waals surface area contributed by atoms with E-state index in [1.807, 2.05) is 6.92 Å². The molecule has 2 aliphatic rings. The quantitative estimate of drug-likeness (QED) is 0.0283. The Morgan fingerprint density at radius 2 is 1.65 bits per heavy atom. The van der Waals surface area contributed by atoms with Crippen molar-refractivity contribution in [3.8, 4) is 11.5 Å². The number of allylic oxidation sites excluding steroid dienone is 4. The van der Waals surface area contributed by atoms with Gasteiger partial charge in [0.1, 0.15) is 66.9 Å². The Morgan fingerprint density at radius 1 is 0.912 bits per heavy atom. The zero-order valence-electron chi connectivity index (χ0n) is 33.1. The number of phenolic OH excluding ortho intramolecular Hbond substituents is 2. The van der Waals surface area contributed by atoms with Crippen LogP contribution in [-0.4, -0.2) is 132 Å². The summed E-state index contributed by atoms with van der Waals surface area (Å²) in [5.41, 5.74) is -0.239. The molecule has 13 atom stereocenters. The van der Waals surface area contributed by atoms with E-state index in [-0.39, 0.29) is 23.5 Å². The second-order valence-electron chi connectivity index (χ2n) is 14.7. The first kappa shape index (κ1) is 48.0. The van der Waals surface area contributed by atoms with Crippen LogP contribution in [0.5, 0.6) is 11.5 Å². The van der Waals surface area contributed by atoms with E-state index >= 15 is 0 Å². The average molecular weight is 811 g/mol. The van der Waals surface area contributed by atoms with Crippen LogP contribution in [-0.2, 0) is 39.9 Å². The zero-order valence-corrected chi connectivity index (χ0v) is 33.1. The Kier molecular flexibility index (Phi) is 20.1. The van der Waals surface area contributed by atoms with Crippen molar-refractivity contribution in [2.24, 2.45) is 11.8 Å². The third-order valence-electron chi connectivity index (χ3n) is 10.2. The number of rotatable bonds is 21. The molecule has 13 unspecified atom stereocenters. The Bertz CT molecular complexity index is 1480. The molecule has 0 amide bonds. The van der Waals surface area contributed by atoms with Crippen molar-refractivity contribution >= 4 is 11.9 Å². The molecular weight excluding hydrogens is 748 g/mol. The third-order valence-corrected chi connectivity index (χ3v) is 10.2. The summed E-state index contributed by atoms with van der Waals surface area (Å²) < 4.78 is 28.3. The summed E-state index contributed by atoms with van der Waals surface area (Å²) in [4.78, 5) is 25.2. The summed E-state index contributed by atoms with van der Waals surface area (Å²) in [7, 11) is 0. The van der Waals surface area contributed by atoms with E-state index in [0.717, 1.165) is 43.9 Å². The lowest BCUT2D eigenvalue weighted by Crippen LogP contribution is -2.64. The number of benzene rings is 1. The highest BCUT2D eigenvalue weighted by Gasteiger charge is 2.53. The van der Waals surface area contributed by atoms with Gasteiger partial charge < -0.3 is 69.6 Å². The molecule has 1 aromatic carbocycles. The Labute approximate surface area is 333 Å². The van der Waals surface area contributed by atoms with Crippen LogP contribution >= 0.6 is 0 Å². The molecule has 9 N–H and O–H groups in total. The molecule has 2 saturated heterocycles. The maximum absolute atomic E-state index is 13.2. The summed E-state index contributed by atoms with van der Waals surface area (Å²) in [6, 6.07) is 2.06. The molecule has 1 aromatic rings. The van der Waals surface area contributed by atoms with Crippen LogP contribution in [0.1, 0.15) is 89.9 Å². The number of phenols is 2. The van der Waals surface area contributed by atoms with Crippen molar-refractivity contribution in [2.45, 2.75) is 147 Å². The van der Waals surface area contributed by atoms with Crippen LogP contribution in [0.2, 0.25) is 0 Å². The molecule has 0 aromatic heterocycles. The Hall–Kier alpha value is -3.42. The number of unbranched alkanes of at least 4 members (excludes halogenated alkanes) is 1. The van der Waals surface area contributed by atoms with Gasteiger partial charge in [-0.2, -0.15) is 0 Å². The molecular formula is C41H62O16. The van der Waals surface area contributed by atoms with Gasteiger partial charge >= 0.3 is 11.9 Å². The molecule has 16 nitrogen and oxygen atoms in total. The topological polar surface area (TPSA) is 262 Å². The number of aliphatic hydroxyl groups is 7. The molecule has 2 aliphatic heterocycles. The number of ether oxygens (including phenoxy) is 5. The van der Waals surface area contributed by atoms with Crippen molar-refractivity contribution in [1.29, 1.82) is 0 Å². The first-order valence-corrected chi connectivity index (χ1v) is 19.7. The molecule has 16 heteroatoms. The summed E-state index contributed by atoms with van der Waals surface area (Å²) >= 11 is 0. The fourth-order valence-corrected chi connectivity index (χ4v) is 6.58. The largest absolute Gasteiger partial charge is 0.508 e. The first-order valence-electron chi connectivity index (χ1n) is 19.7. The fraction of sp³-hybridized carbons (Fsp3) is 0.659. The summed E-state index contributed by atoms with van der Waals surface area (Å²) in [5.74, 6) is -2.02. The van der Waals surface area contributed by atoms with Crippen molar-refractivity contribution in [2.75, 3.05) is 13.2 Å². The maximum atomic E-state index is 13.2. The van der Waals surface area contributed by atoms with Gasteiger partial charge in [0.15, 0.2) is 12.4 Å². The minimum Gasteiger partial charge on any atom is -0.508 e. The Morgan fingerprint density at radius 3 is 2.32 bits per heavy atom. The van der Waals surface area contributed by atoms with Gasteiger partial charge in [0.25, 0.3) is 0 Å². The second-order valence-corrected chi connectivity index (χ2v) is 14.7. The highest BCUT2D eigenvalue weighted by atomic mass is 16.7. The lowest BCUT2D eigenvalue weighted by atomic mass is 9.88. The lowest BCUT2D eigenvalue weighted by molar-refractivity contribution is -0.343. The number of aromatic hydroxyl groups is 2. The summed E-state index contributed by atoms with van der Waals surface area (Å²) in [6.07, 6.45) is -3.00. The SMILES string of the molecule is CCCC(=O)OCC1OC(OC2C(CO)OC(c3c(O)cc(O)cc3CO)C(O)C2OC(=O)/C=C/C=C/CC(O)C(C)CCC/C=C/C(C)CC)C(O)C(O)C1O. The highest BCUT2D eigenvalue weighted by Crippen LogP contribution is 2.42. The first-order chi connectivity index (χ1) is 27.2. The number of esters is 2. The molecule has 3 rings (SSSR count). The van der Waals surface area contributed by atoms with Crippen LogP contribution in [0.25, 0.3) is 0 Å². The number of carbonyl (C=O) groups excluding carboxylic acids is 2. The number of hydrogen-bond donors (Lipinski definition) is 9. The number of aliphatic hydroxyl groups excluding tert-OH is 7. The van der Waals surface area contributed by atoms with E-state index in [9.17, 15) is 55.5 Å². The van der Waals surface area contributed by atoms with Crippen LogP contribution in [0.3, 0.4) is 0 Å². The van der Waals surface area contributed by atoms with E-state index in [2.05, 4.69) is 26.0 Å². The second kappa shape index (κ2) is 23.9. The molecule has 0 spiro atoms. The van der Waals surface area contributed by atoms with E-state index in [4.69, 9.17) is 23.7 Å². The van der Waals surface area contributed by atoms with E-state index in [1.165, 1.54) is 12.2 Å². The normalized spacial score (nSPS) is 29.8. The van der Waals surface area contributed by atoms with Gasteiger partial charge in [0, 0.05) is 24.1 Å². The Balaban J connectivity index is 1.81. The van der Waals surface area contributed by atoms with Crippen LogP contribution in [0.4, 0.5) is 0 Å². The average Bonchev–Trinajstić information content (AvgIpc) is 3.18. The molecule has 0 radical (unpaired) electrons. The lowest BCUT2D eigenvalue weighted by Gasteiger charge is -2.47. The monoisotopic (exact) mass is 810 g/mol. The van der Waals surface area contributed by atoms with Gasteiger partial charge in [-0.3, -0.25) is 4.79 Å². The van der Waals surface area contributed by atoms with Crippen LogP contribution in [0.15, 0.2) is 48.6 Å². The molecule has 2 heterocycles. The van der Waals surface area contributed by atoms with E-state index in [1.54, 1.807) is 13.0 Å². The summed E-state index contributed by atoms with van der Waals surface area (Å²) in [6.45, 7) is 5.94. The molecule has 322 valence electrons. The minimum atomic E-state index is -1.93. The standard InChI is InChI=1S/C41H62O16/c1-5-13-31(47)53-22-30-34(49)35(50)36(51)41(55-30)57-38-29(21-43)54-39(33-25(20-42)18-26(44)19-28(33)46)37(52)40(38)56-32(48)17-12-8-11-16-27(45)24(4)15-10-7-9-14-23(3)6-2/h8-9,11-12,14,17-19,23-24,27,29-30,34-46,49-52H,5-7,10,13,15-16,20-22H2,1-4H3/b11-8+,14-9+,17-12+. The molecule has 0 aliphatic carbocycles. The van der Waals surface area contributed by atoms with Crippen molar-refractivity contribution < 1.29 is 79.2 Å². The predicted molar refractivity (Wildman–Crippen MR) is 204 cm³/mol. The molecule has 2 fully saturated rings. The predicted octanol–water partition coefficient (Wildman–Crippen LogP) is 2.10. The van der Waals surface area contributed by atoms with Gasteiger partial charge in [-0.15, -0.1) is 0 Å². The number of carbonyl (C=O) groups is 2. The molecule has 57 heavy (non-hydrogen) atoms. The van der Waals surface area contributed by atoms with Gasteiger partial charge in [-0.1, -0.05) is 64.5 Å². The number of hydrogen-bond acceptors (Lipinski definition) is 16. The van der Waals surface area contributed by atoms with Gasteiger partial charge in [-0.05, 0) is 55.6 Å². The molecule has 0 saturated carbocycles. The van der Waals surface area contributed by atoms with Crippen molar-refractivity contribution in [1.82, 2.24) is 0 Å². The van der Waals surface area contributed by atoms with Crippen LogP contribution < -0.4 is 0 Å². The van der Waals surface area contributed by atoms with Gasteiger partial charge in [0.05, 0.1) is 19.3 Å². The molecule has 0 bridgehead atoms. The zero-order chi connectivity index (χ0) is 42.2. The van der Waals surface area contributed by atoms with E-state index in [0.29, 0.717) is 18.8 Å². The third kappa shape index (κ3) is 13.8. The van der Waals surface area contributed by atoms with Gasteiger partial charge in [-0.25, -0.2) is 4.79 Å². The van der Waals surface area contributed by atoms with Crippen LogP contribution in [0, 0.1) is 11.8 Å². The minimum absolute atomic E-state index is 0.0433. The van der Waals surface area contributed by atoms with E-state index < -0.39 is 111 Å². The van der Waals surface area contributed by atoms with Gasteiger partial charge in [0.2, 0.25) is 0 Å². The van der Waals surface area contributed by atoms with Crippen molar-refractivity contribution in [3.05, 3.63) is 59.7 Å². The fourth-order valence-electron chi connectivity index (χ4n) is 6.58.